The van der Waals surface area contributed by atoms with Gasteiger partial charge < -0.3 is 10.0 Å². The van der Waals surface area contributed by atoms with Gasteiger partial charge >= 0.3 is 0 Å². The van der Waals surface area contributed by atoms with Crippen LogP contribution in [0.1, 0.15) is 23.2 Å². The van der Waals surface area contributed by atoms with Crippen LogP contribution >= 0.6 is 0 Å². The van der Waals surface area contributed by atoms with E-state index in [1.165, 1.54) is 6.07 Å². The van der Waals surface area contributed by atoms with Crippen molar-refractivity contribution in [2.24, 2.45) is 0 Å². The first-order valence-electron chi connectivity index (χ1n) is 8.85. The van der Waals surface area contributed by atoms with Gasteiger partial charge in [0.25, 0.3) is 5.91 Å². The third kappa shape index (κ3) is 3.17. The van der Waals surface area contributed by atoms with E-state index >= 15 is 0 Å². The Morgan fingerprint density at radius 2 is 2.00 bits per heavy atom. The Balaban J connectivity index is 1.89. The normalized spacial score (nSPS) is 16.9. The maximum Gasteiger partial charge on any atom is 0.254 e. The number of hydrogen-bond acceptors (Lipinski definition) is 3. The molecule has 1 atom stereocenters. The second-order valence-electron chi connectivity index (χ2n) is 6.67. The van der Waals surface area contributed by atoms with Crippen molar-refractivity contribution in [1.29, 1.82) is 0 Å². The minimum absolute atomic E-state index is 0.00920. The molecule has 0 saturated carbocycles. The minimum Gasteiger partial charge on any atom is -0.394 e. The highest BCUT2D eigenvalue weighted by molar-refractivity contribution is 6.07. The Labute approximate surface area is 155 Å². The second-order valence-corrected chi connectivity index (χ2v) is 6.67. The highest BCUT2D eigenvalue weighted by atomic mass is 19.1. The molecule has 3 aromatic rings. The number of likely N-dealkylation sites (tertiary alicyclic amines) is 1. The number of halogens is 2. The monoisotopic (exact) mass is 368 g/mol. The number of nitrogens with zero attached hydrogens (tertiary/aromatic N) is 2. The molecule has 2 heterocycles. The molecule has 27 heavy (non-hydrogen) atoms. The Kier molecular flexibility index (Phi) is 4.58. The molecule has 0 bridgehead atoms. The Bertz CT molecular complexity index is 1020. The van der Waals surface area contributed by atoms with Crippen molar-refractivity contribution in [2.75, 3.05) is 13.2 Å². The number of aromatic nitrogens is 1. The molecule has 1 aliphatic rings. The molecule has 1 aliphatic heterocycles. The zero-order valence-electron chi connectivity index (χ0n) is 14.5. The lowest BCUT2D eigenvalue weighted by Gasteiger charge is -2.24. The van der Waals surface area contributed by atoms with Gasteiger partial charge in [0.2, 0.25) is 0 Å². The minimum atomic E-state index is -0.605. The first-order valence-corrected chi connectivity index (χ1v) is 8.85. The predicted molar refractivity (Wildman–Crippen MR) is 98.2 cm³/mol. The van der Waals surface area contributed by atoms with Crippen molar-refractivity contribution < 1.29 is 18.7 Å². The Morgan fingerprint density at radius 3 is 2.81 bits per heavy atom. The number of para-hydroxylation sites is 1. The molecule has 1 fully saturated rings. The maximum absolute atomic E-state index is 14.3. The van der Waals surface area contributed by atoms with Crippen molar-refractivity contribution in [1.82, 2.24) is 9.88 Å². The first-order chi connectivity index (χ1) is 13.1. The summed E-state index contributed by atoms with van der Waals surface area (Å²) in [6, 6.07) is 11.6. The standard InChI is InChI=1S/C21H18F2N2O2/c22-13-7-8-18(23)17(10-13)20-11-16(15-5-1-2-6-19(15)24-20)21(27)25-9-3-4-14(25)12-26/h1-2,5-8,10-11,14,26H,3-4,9,12H2. The molecule has 0 aliphatic carbocycles. The average molecular weight is 368 g/mol. The SMILES string of the molecule is O=C(c1cc(-c2cc(F)ccc2F)nc2ccccc12)N1CCCC1CO. The van der Waals surface area contributed by atoms with Crippen LogP contribution in [-0.4, -0.2) is 40.1 Å². The van der Waals surface area contributed by atoms with Gasteiger partial charge in [-0.1, -0.05) is 18.2 Å². The van der Waals surface area contributed by atoms with Crippen molar-refractivity contribution in [3.8, 4) is 11.3 Å². The number of rotatable bonds is 3. The number of amides is 1. The highest BCUT2D eigenvalue weighted by Gasteiger charge is 2.30. The first kappa shape index (κ1) is 17.5. The summed E-state index contributed by atoms with van der Waals surface area (Å²) >= 11 is 0. The van der Waals surface area contributed by atoms with E-state index in [0.29, 0.717) is 23.0 Å². The van der Waals surface area contributed by atoms with Gasteiger partial charge in [0.1, 0.15) is 11.6 Å². The van der Waals surface area contributed by atoms with Gasteiger partial charge in [0.15, 0.2) is 0 Å². The number of aliphatic hydroxyl groups excluding tert-OH is 1. The van der Waals surface area contributed by atoms with Crippen LogP contribution in [0.4, 0.5) is 8.78 Å². The topological polar surface area (TPSA) is 53.4 Å². The van der Waals surface area contributed by atoms with Gasteiger partial charge in [0, 0.05) is 17.5 Å². The number of benzene rings is 2. The van der Waals surface area contributed by atoms with Crippen LogP contribution in [0.3, 0.4) is 0 Å². The lowest BCUT2D eigenvalue weighted by atomic mass is 10.0. The molecule has 4 rings (SSSR count). The summed E-state index contributed by atoms with van der Waals surface area (Å²) in [4.78, 5) is 19.3. The van der Waals surface area contributed by atoms with Crippen molar-refractivity contribution in [3.63, 3.8) is 0 Å². The number of carbonyl (C=O) groups excluding carboxylic acids is 1. The van der Waals surface area contributed by atoms with Crippen LogP contribution < -0.4 is 0 Å². The van der Waals surface area contributed by atoms with Crippen molar-refractivity contribution >= 4 is 16.8 Å². The average Bonchev–Trinajstić information content (AvgIpc) is 3.17. The molecular weight excluding hydrogens is 350 g/mol. The Hall–Kier alpha value is -2.86. The molecule has 0 radical (unpaired) electrons. The number of hydrogen-bond donors (Lipinski definition) is 1. The molecule has 1 saturated heterocycles. The van der Waals surface area contributed by atoms with Crippen molar-refractivity contribution in [2.45, 2.75) is 18.9 Å². The molecular formula is C21H18F2N2O2. The molecule has 6 heteroatoms. The van der Waals surface area contributed by atoms with Gasteiger partial charge in [-0.3, -0.25) is 4.79 Å². The molecule has 2 aromatic carbocycles. The molecule has 1 N–H and O–H groups in total. The Morgan fingerprint density at radius 1 is 1.19 bits per heavy atom. The smallest absolute Gasteiger partial charge is 0.254 e. The molecule has 0 spiro atoms. The predicted octanol–water partition coefficient (Wildman–Crippen LogP) is 3.78. The third-order valence-corrected chi connectivity index (χ3v) is 5.00. The van der Waals surface area contributed by atoms with Crippen LogP contribution in [0.2, 0.25) is 0 Å². The summed E-state index contributed by atoms with van der Waals surface area (Å²) in [5, 5.41) is 10.2. The zero-order valence-corrected chi connectivity index (χ0v) is 14.5. The summed E-state index contributed by atoms with van der Waals surface area (Å²) in [5.41, 5.74) is 1.12. The fourth-order valence-corrected chi connectivity index (χ4v) is 3.63. The van der Waals surface area contributed by atoms with E-state index in [-0.39, 0.29) is 29.8 Å². The van der Waals surface area contributed by atoms with Gasteiger partial charge in [-0.2, -0.15) is 0 Å². The number of aliphatic hydroxyl groups is 1. The summed E-state index contributed by atoms with van der Waals surface area (Å²) in [6.45, 7) is 0.463. The molecule has 1 unspecified atom stereocenters. The quantitative estimate of drug-likeness (QED) is 0.766. The molecule has 1 amide bonds. The van der Waals surface area contributed by atoms with Crippen LogP contribution in [0, 0.1) is 11.6 Å². The number of carbonyl (C=O) groups is 1. The maximum atomic E-state index is 14.3. The summed E-state index contributed by atoms with van der Waals surface area (Å²) in [5.74, 6) is -1.41. The fourth-order valence-electron chi connectivity index (χ4n) is 3.63. The largest absolute Gasteiger partial charge is 0.394 e. The van der Waals surface area contributed by atoms with E-state index in [1.54, 1.807) is 29.2 Å². The lowest BCUT2D eigenvalue weighted by Crippen LogP contribution is -2.37. The summed E-state index contributed by atoms with van der Waals surface area (Å²) in [7, 11) is 0. The van der Waals surface area contributed by atoms with Crippen LogP contribution in [0.5, 0.6) is 0 Å². The fraction of sp³-hybridized carbons (Fsp3) is 0.238. The van der Waals surface area contributed by atoms with Crippen LogP contribution in [0.15, 0.2) is 48.5 Å². The van der Waals surface area contributed by atoms with E-state index in [9.17, 15) is 18.7 Å². The van der Waals surface area contributed by atoms with E-state index in [4.69, 9.17) is 0 Å². The van der Waals surface area contributed by atoms with Gasteiger partial charge in [0.05, 0.1) is 29.4 Å². The van der Waals surface area contributed by atoms with Gasteiger partial charge in [-0.25, -0.2) is 13.8 Å². The van der Waals surface area contributed by atoms with Gasteiger partial charge in [-0.15, -0.1) is 0 Å². The summed E-state index contributed by atoms with van der Waals surface area (Å²) in [6.07, 6.45) is 1.57. The second kappa shape index (κ2) is 7.04. The molecule has 1 aromatic heterocycles. The van der Waals surface area contributed by atoms with Crippen molar-refractivity contribution in [3.05, 3.63) is 65.7 Å². The molecule has 4 nitrogen and oxygen atoms in total. The van der Waals surface area contributed by atoms with Gasteiger partial charge in [-0.05, 0) is 43.2 Å². The number of pyridine rings is 1. The highest BCUT2D eigenvalue weighted by Crippen LogP contribution is 2.29. The number of fused-ring (bicyclic) bond motifs is 1. The van der Waals surface area contributed by atoms with E-state index in [0.717, 1.165) is 31.0 Å². The third-order valence-electron chi connectivity index (χ3n) is 5.00. The van der Waals surface area contributed by atoms with E-state index < -0.39 is 11.6 Å². The zero-order chi connectivity index (χ0) is 19.0. The lowest BCUT2D eigenvalue weighted by molar-refractivity contribution is 0.0679. The van der Waals surface area contributed by atoms with E-state index in [2.05, 4.69) is 4.98 Å². The molecule has 138 valence electrons. The summed E-state index contributed by atoms with van der Waals surface area (Å²) < 4.78 is 27.9. The van der Waals surface area contributed by atoms with E-state index in [1.807, 2.05) is 0 Å². The van der Waals surface area contributed by atoms with Crippen LogP contribution in [-0.2, 0) is 0 Å². The van der Waals surface area contributed by atoms with Crippen LogP contribution in [0.25, 0.3) is 22.2 Å².